The van der Waals surface area contributed by atoms with Gasteiger partial charge in [-0.3, -0.25) is 9.69 Å². The van der Waals surface area contributed by atoms with Crippen LogP contribution in [0.15, 0.2) is 0 Å². The first-order valence-electron chi connectivity index (χ1n) is 7.03. The molecule has 0 bridgehead atoms. The molecule has 1 N–H and O–H groups in total. The second-order valence-electron chi connectivity index (χ2n) is 6.04. The lowest BCUT2D eigenvalue weighted by Crippen LogP contribution is -2.47. The number of hydrogen-bond acceptors (Lipinski definition) is 5. The zero-order valence-electron chi connectivity index (χ0n) is 12.5. The first-order chi connectivity index (χ1) is 8.83. The minimum absolute atomic E-state index is 0.0640. The van der Waals surface area contributed by atoms with Gasteiger partial charge >= 0.3 is 5.97 Å². The minimum Gasteiger partial charge on any atom is -0.459 e. The number of aliphatic hydroxyl groups excluding tert-OH is 1. The third-order valence-electron chi connectivity index (χ3n) is 3.22. The molecule has 1 unspecified atom stereocenters. The van der Waals surface area contributed by atoms with Crippen LogP contribution in [0.4, 0.5) is 0 Å². The van der Waals surface area contributed by atoms with E-state index in [1.807, 2.05) is 27.7 Å². The van der Waals surface area contributed by atoms with E-state index in [-0.39, 0.29) is 24.7 Å². The van der Waals surface area contributed by atoms with Crippen LogP contribution in [-0.4, -0.2) is 60.0 Å². The van der Waals surface area contributed by atoms with Crippen molar-refractivity contribution in [1.82, 2.24) is 4.90 Å². The Kier molecular flexibility index (Phi) is 6.23. The Labute approximate surface area is 115 Å². The maximum absolute atomic E-state index is 12.0. The lowest BCUT2D eigenvalue weighted by atomic mass is 10.1. The van der Waals surface area contributed by atoms with Crippen molar-refractivity contribution in [2.75, 3.05) is 26.3 Å². The topological polar surface area (TPSA) is 59.0 Å². The van der Waals surface area contributed by atoms with Crippen LogP contribution in [0.25, 0.3) is 0 Å². The van der Waals surface area contributed by atoms with Crippen LogP contribution in [-0.2, 0) is 14.3 Å². The van der Waals surface area contributed by atoms with Gasteiger partial charge in [0.25, 0.3) is 0 Å². The van der Waals surface area contributed by atoms with Crippen molar-refractivity contribution in [3.63, 3.8) is 0 Å². The highest BCUT2D eigenvalue weighted by Gasteiger charge is 2.29. The fourth-order valence-electron chi connectivity index (χ4n) is 2.19. The molecule has 0 spiro atoms. The fraction of sp³-hybridized carbons (Fsp3) is 0.929. The molecule has 0 aromatic rings. The number of aliphatic hydroxyl groups is 1. The Hall–Kier alpha value is -0.650. The molecule has 0 saturated carbocycles. The summed E-state index contributed by atoms with van der Waals surface area (Å²) in [6.45, 7) is 9.66. The molecule has 0 aliphatic carbocycles. The molecular weight excluding hydrogens is 246 g/mol. The van der Waals surface area contributed by atoms with Gasteiger partial charge in [-0.15, -0.1) is 0 Å². The molecule has 1 aliphatic heterocycles. The van der Waals surface area contributed by atoms with E-state index in [4.69, 9.17) is 14.6 Å². The van der Waals surface area contributed by atoms with Gasteiger partial charge < -0.3 is 14.6 Å². The number of carbonyl (C=O) groups excluding carboxylic acids is 1. The summed E-state index contributed by atoms with van der Waals surface area (Å²) in [5.41, 5.74) is -0.437. The fourth-order valence-corrected chi connectivity index (χ4v) is 2.19. The number of esters is 1. The number of hydrogen-bond donors (Lipinski definition) is 1. The van der Waals surface area contributed by atoms with Crippen molar-refractivity contribution in [1.29, 1.82) is 0 Å². The molecule has 5 nitrogen and oxygen atoms in total. The Bertz CT molecular complexity index is 280. The molecule has 1 fully saturated rings. The average molecular weight is 273 g/mol. The predicted octanol–water partition coefficient (Wildman–Crippen LogP) is 1.19. The molecule has 5 heteroatoms. The second-order valence-corrected chi connectivity index (χ2v) is 6.04. The van der Waals surface area contributed by atoms with Crippen molar-refractivity contribution < 1.29 is 19.4 Å². The van der Waals surface area contributed by atoms with Crippen molar-refractivity contribution in [3.05, 3.63) is 0 Å². The summed E-state index contributed by atoms with van der Waals surface area (Å²) in [6, 6.07) is -0.210. The van der Waals surface area contributed by atoms with Gasteiger partial charge in [0, 0.05) is 13.1 Å². The van der Waals surface area contributed by atoms with Gasteiger partial charge in [0.05, 0.1) is 19.3 Å². The van der Waals surface area contributed by atoms with E-state index >= 15 is 0 Å². The summed E-state index contributed by atoms with van der Waals surface area (Å²) in [4.78, 5) is 14.1. The van der Waals surface area contributed by atoms with Crippen molar-refractivity contribution in [2.45, 2.75) is 58.3 Å². The number of rotatable bonds is 5. The third kappa shape index (κ3) is 5.89. The van der Waals surface area contributed by atoms with Gasteiger partial charge in [0.2, 0.25) is 0 Å². The average Bonchev–Trinajstić information content (AvgIpc) is 2.34. The van der Waals surface area contributed by atoms with Crippen LogP contribution in [0.3, 0.4) is 0 Å². The van der Waals surface area contributed by atoms with Crippen LogP contribution in [0.1, 0.15) is 40.5 Å². The SMILES string of the molecule is CC(C(=O)OC(C)(C)C)N1CCC(OCCO)CC1. The first kappa shape index (κ1) is 16.4. The highest BCUT2D eigenvalue weighted by atomic mass is 16.6. The maximum Gasteiger partial charge on any atom is 0.323 e. The van der Waals surface area contributed by atoms with Gasteiger partial charge in [-0.2, -0.15) is 0 Å². The number of likely N-dealkylation sites (tertiary alicyclic amines) is 1. The minimum atomic E-state index is -0.437. The monoisotopic (exact) mass is 273 g/mol. The molecule has 0 radical (unpaired) electrons. The molecular formula is C14H27NO4. The summed E-state index contributed by atoms with van der Waals surface area (Å²) in [7, 11) is 0. The van der Waals surface area contributed by atoms with Gasteiger partial charge in [-0.25, -0.2) is 0 Å². The molecule has 1 heterocycles. The molecule has 1 aliphatic rings. The maximum atomic E-state index is 12.0. The largest absolute Gasteiger partial charge is 0.459 e. The third-order valence-corrected chi connectivity index (χ3v) is 3.22. The van der Waals surface area contributed by atoms with Crippen LogP contribution in [0, 0.1) is 0 Å². The molecule has 1 rings (SSSR count). The molecule has 1 atom stereocenters. The van der Waals surface area contributed by atoms with Gasteiger partial charge in [0.15, 0.2) is 0 Å². The smallest absolute Gasteiger partial charge is 0.323 e. The second kappa shape index (κ2) is 7.22. The first-order valence-corrected chi connectivity index (χ1v) is 7.03. The molecule has 0 aromatic carbocycles. The molecule has 0 aromatic heterocycles. The summed E-state index contributed by atoms with van der Waals surface area (Å²) >= 11 is 0. The van der Waals surface area contributed by atoms with E-state index in [0.29, 0.717) is 6.61 Å². The van der Waals surface area contributed by atoms with Crippen LogP contribution < -0.4 is 0 Å². The Morgan fingerprint density at radius 3 is 2.42 bits per heavy atom. The zero-order chi connectivity index (χ0) is 14.5. The standard InChI is InChI=1S/C14H27NO4/c1-11(13(17)19-14(2,3)4)15-7-5-12(6-8-15)18-10-9-16/h11-12,16H,5-10H2,1-4H3. The highest BCUT2D eigenvalue weighted by molar-refractivity contribution is 5.75. The Morgan fingerprint density at radius 1 is 1.37 bits per heavy atom. The summed E-state index contributed by atoms with van der Waals surface area (Å²) < 4.78 is 10.9. The van der Waals surface area contributed by atoms with Crippen LogP contribution in [0.2, 0.25) is 0 Å². The van der Waals surface area contributed by atoms with E-state index in [1.165, 1.54) is 0 Å². The lowest BCUT2D eigenvalue weighted by molar-refractivity contribution is -0.161. The zero-order valence-corrected chi connectivity index (χ0v) is 12.5. The molecule has 112 valence electrons. The van der Waals surface area contributed by atoms with E-state index < -0.39 is 5.60 Å². The molecule has 19 heavy (non-hydrogen) atoms. The number of carbonyl (C=O) groups is 1. The Balaban J connectivity index is 2.36. The van der Waals surface area contributed by atoms with Gasteiger partial charge in [-0.05, 0) is 40.5 Å². The van der Waals surface area contributed by atoms with Crippen molar-refractivity contribution in [2.24, 2.45) is 0 Å². The van der Waals surface area contributed by atoms with Gasteiger partial charge in [-0.1, -0.05) is 0 Å². The lowest BCUT2D eigenvalue weighted by Gasteiger charge is -2.35. The van der Waals surface area contributed by atoms with E-state index in [1.54, 1.807) is 0 Å². The molecule has 0 amide bonds. The summed E-state index contributed by atoms with van der Waals surface area (Å²) in [6.07, 6.45) is 1.99. The van der Waals surface area contributed by atoms with Crippen molar-refractivity contribution in [3.8, 4) is 0 Å². The number of nitrogens with zero attached hydrogens (tertiary/aromatic N) is 1. The van der Waals surface area contributed by atoms with E-state index in [0.717, 1.165) is 25.9 Å². The van der Waals surface area contributed by atoms with E-state index in [9.17, 15) is 4.79 Å². The van der Waals surface area contributed by atoms with Crippen molar-refractivity contribution >= 4 is 5.97 Å². The van der Waals surface area contributed by atoms with Gasteiger partial charge in [0.1, 0.15) is 11.6 Å². The number of piperidine rings is 1. The predicted molar refractivity (Wildman–Crippen MR) is 72.9 cm³/mol. The Morgan fingerprint density at radius 2 is 1.95 bits per heavy atom. The summed E-state index contributed by atoms with van der Waals surface area (Å²) in [5.74, 6) is -0.165. The normalized spacial score (nSPS) is 20.3. The molecule has 1 saturated heterocycles. The quantitative estimate of drug-likeness (QED) is 0.763. The van der Waals surface area contributed by atoms with E-state index in [2.05, 4.69) is 4.90 Å². The van der Waals surface area contributed by atoms with Crippen LogP contribution in [0.5, 0.6) is 0 Å². The number of ether oxygens (including phenoxy) is 2. The van der Waals surface area contributed by atoms with Crippen LogP contribution >= 0.6 is 0 Å². The highest BCUT2D eigenvalue weighted by Crippen LogP contribution is 2.18. The summed E-state index contributed by atoms with van der Waals surface area (Å²) in [5, 5.41) is 8.72.